The van der Waals surface area contributed by atoms with Gasteiger partial charge in [-0.3, -0.25) is 0 Å². The predicted octanol–water partition coefficient (Wildman–Crippen LogP) is 2.86. The highest BCUT2D eigenvalue weighted by Crippen LogP contribution is 2.24. The van der Waals surface area contributed by atoms with Crippen molar-refractivity contribution >= 4 is 11.7 Å². The summed E-state index contributed by atoms with van der Waals surface area (Å²) < 4.78 is 0. The lowest BCUT2D eigenvalue weighted by Crippen LogP contribution is -2.35. The summed E-state index contributed by atoms with van der Waals surface area (Å²) in [5.41, 5.74) is 3.51. The molecule has 3 nitrogen and oxygen atoms in total. The monoisotopic (exact) mass is 218 g/mol. The molecule has 0 aliphatic carbocycles. The first-order chi connectivity index (χ1) is 7.56. The lowest BCUT2D eigenvalue weighted by Gasteiger charge is -2.26. The second-order valence-electron chi connectivity index (χ2n) is 4.88. The molecule has 1 heterocycles. The maximum atomic E-state index is 11.4. The number of fused-ring (bicyclic) bond motifs is 1. The number of carbonyl (C=O) groups excluding carboxylic acids is 1. The fourth-order valence-corrected chi connectivity index (χ4v) is 2.04. The van der Waals surface area contributed by atoms with Crippen LogP contribution in [0.25, 0.3) is 0 Å². The number of carbonyl (C=O) groups is 1. The van der Waals surface area contributed by atoms with Crippen LogP contribution >= 0.6 is 0 Å². The molecule has 3 heteroatoms. The summed E-state index contributed by atoms with van der Waals surface area (Å²) in [6.07, 6.45) is 1.09. The van der Waals surface area contributed by atoms with E-state index < -0.39 is 0 Å². The van der Waals surface area contributed by atoms with Crippen LogP contribution in [0, 0.1) is 5.92 Å². The van der Waals surface area contributed by atoms with Gasteiger partial charge in [0, 0.05) is 19.3 Å². The van der Waals surface area contributed by atoms with Crippen molar-refractivity contribution in [3.8, 4) is 0 Å². The molecule has 0 saturated heterocycles. The number of amides is 2. The quantitative estimate of drug-likeness (QED) is 0.813. The molecule has 1 aromatic carbocycles. The van der Waals surface area contributed by atoms with E-state index in [0.29, 0.717) is 12.5 Å². The van der Waals surface area contributed by atoms with Crippen molar-refractivity contribution in [1.82, 2.24) is 4.90 Å². The number of nitrogens with one attached hydrogen (secondary N) is 1. The van der Waals surface area contributed by atoms with Crippen LogP contribution in [0.5, 0.6) is 0 Å². The standard InChI is InChI=1S/C13H18N2O/c1-9(2)6-10-4-5-12-11(7-10)8-15(3)13(16)14-12/h4-5,7,9H,6,8H2,1-3H3,(H,14,16). The highest BCUT2D eigenvalue weighted by Gasteiger charge is 2.19. The van der Waals surface area contributed by atoms with Gasteiger partial charge in [-0.1, -0.05) is 26.0 Å². The normalized spacial score (nSPS) is 15.0. The molecule has 0 aromatic heterocycles. The van der Waals surface area contributed by atoms with Gasteiger partial charge < -0.3 is 10.2 Å². The molecule has 1 aromatic rings. The molecular formula is C13H18N2O. The summed E-state index contributed by atoms with van der Waals surface area (Å²) >= 11 is 0. The van der Waals surface area contributed by atoms with Crippen LogP contribution in [0.2, 0.25) is 0 Å². The number of urea groups is 1. The minimum Gasteiger partial charge on any atom is -0.323 e. The second-order valence-corrected chi connectivity index (χ2v) is 4.88. The van der Waals surface area contributed by atoms with Gasteiger partial charge in [0.2, 0.25) is 0 Å². The van der Waals surface area contributed by atoms with Crippen molar-refractivity contribution in [3.63, 3.8) is 0 Å². The molecule has 16 heavy (non-hydrogen) atoms. The Hall–Kier alpha value is -1.51. The first kappa shape index (κ1) is 11.0. The summed E-state index contributed by atoms with van der Waals surface area (Å²) in [5, 5.41) is 2.88. The van der Waals surface area contributed by atoms with Crippen LogP contribution in [0.4, 0.5) is 10.5 Å². The Labute approximate surface area is 96.5 Å². The topological polar surface area (TPSA) is 32.3 Å². The first-order valence-electron chi connectivity index (χ1n) is 5.70. The van der Waals surface area contributed by atoms with E-state index in [4.69, 9.17) is 0 Å². The van der Waals surface area contributed by atoms with E-state index in [1.165, 1.54) is 11.1 Å². The zero-order valence-corrected chi connectivity index (χ0v) is 10.1. The van der Waals surface area contributed by atoms with Crippen molar-refractivity contribution in [3.05, 3.63) is 29.3 Å². The van der Waals surface area contributed by atoms with Crippen molar-refractivity contribution in [1.29, 1.82) is 0 Å². The van der Waals surface area contributed by atoms with Crippen LogP contribution in [0.15, 0.2) is 18.2 Å². The molecule has 0 radical (unpaired) electrons. The van der Waals surface area contributed by atoms with Gasteiger partial charge in [0.05, 0.1) is 0 Å². The molecular weight excluding hydrogens is 200 g/mol. The molecule has 0 atom stereocenters. The number of hydrogen-bond acceptors (Lipinski definition) is 1. The van der Waals surface area contributed by atoms with Crippen molar-refractivity contribution < 1.29 is 4.79 Å². The summed E-state index contributed by atoms with van der Waals surface area (Å²) in [7, 11) is 1.81. The van der Waals surface area contributed by atoms with Gasteiger partial charge >= 0.3 is 6.03 Å². The highest BCUT2D eigenvalue weighted by molar-refractivity contribution is 5.92. The predicted molar refractivity (Wildman–Crippen MR) is 65.5 cm³/mol. The van der Waals surface area contributed by atoms with Crippen molar-refractivity contribution in [2.24, 2.45) is 5.92 Å². The number of benzene rings is 1. The summed E-state index contributed by atoms with van der Waals surface area (Å²) in [4.78, 5) is 13.1. The lowest BCUT2D eigenvalue weighted by atomic mass is 9.99. The number of hydrogen-bond donors (Lipinski definition) is 1. The highest BCUT2D eigenvalue weighted by atomic mass is 16.2. The summed E-state index contributed by atoms with van der Waals surface area (Å²) in [5.74, 6) is 0.661. The average Bonchev–Trinajstić information content (AvgIpc) is 2.19. The summed E-state index contributed by atoms with van der Waals surface area (Å²) in [6, 6.07) is 6.29. The fraction of sp³-hybridized carbons (Fsp3) is 0.462. The number of rotatable bonds is 2. The Kier molecular flexibility index (Phi) is 2.86. The molecule has 2 amide bonds. The van der Waals surface area contributed by atoms with E-state index in [1.807, 2.05) is 13.1 Å². The Bertz CT molecular complexity index is 412. The lowest BCUT2D eigenvalue weighted by molar-refractivity contribution is 0.218. The van der Waals surface area contributed by atoms with Gasteiger partial charge in [-0.15, -0.1) is 0 Å². The van der Waals surface area contributed by atoms with Gasteiger partial charge in [-0.25, -0.2) is 4.79 Å². The number of nitrogens with zero attached hydrogens (tertiary/aromatic N) is 1. The van der Waals surface area contributed by atoms with Crippen molar-refractivity contribution in [2.45, 2.75) is 26.8 Å². The van der Waals surface area contributed by atoms with Crippen LogP contribution in [0.1, 0.15) is 25.0 Å². The van der Waals surface area contributed by atoms with Crippen molar-refractivity contribution in [2.75, 3.05) is 12.4 Å². The third kappa shape index (κ3) is 2.18. The first-order valence-corrected chi connectivity index (χ1v) is 5.70. The van der Waals surface area contributed by atoms with E-state index in [0.717, 1.165) is 12.1 Å². The van der Waals surface area contributed by atoms with E-state index in [9.17, 15) is 4.79 Å². The minimum atomic E-state index is -0.0240. The third-order valence-corrected chi connectivity index (χ3v) is 2.81. The zero-order chi connectivity index (χ0) is 11.7. The SMILES string of the molecule is CC(C)Cc1ccc2c(c1)CN(C)C(=O)N2. The van der Waals surface area contributed by atoms with Crippen LogP contribution in [0.3, 0.4) is 0 Å². The molecule has 0 saturated carbocycles. The van der Waals surface area contributed by atoms with Gasteiger partial charge in [0.15, 0.2) is 0 Å². The maximum absolute atomic E-state index is 11.4. The zero-order valence-electron chi connectivity index (χ0n) is 10.1. The average molecular weight is 218 g/mol. The largest absolute Gasteiger partial charge is 0.323 e. The van der Waals surface area contributed by atoms with Gasteiger partial charge in [-0.2, -0.15) is 0 Å². The molecule has 0 fully saturated rings. The Morgan fingerprint density at radius 3 is 2.88 bits per heavy atom. The molecule has 1 aliphatic rings. The maximum Gasteiger partial charge on any atom is 0.321 e. The molecule has 0 bridgehead atoms. The molecule has 1 N–H and O–H groups in total. The molecule has 0 unspecified atom stereocenters. The van der Waals surface area contributed by atoms with Crippen LogP contribution < -0.4 is 5.32 Å². The third-order valence-electron chi connectivity index (χ3n) is 2.81. The van der Waals surface area contributed by atoms with E-state index in [1.54, 1.807) is 4.90 Å². The minimum absolute atomic E-state index is 0.0240. The smallest absolute Gasteiger partial charge is 0.321 e. The summed E-state index contributed by atoms with van der Waals surface area (Å²) in [6.45, 7) is 5.13. The Balaban J connectivity index is 2.25. The molecule has 0 spiro atoms. The molecule has 86 valence electrons. The molecule has 1 aliphatic heterocycles. The fourth-order valence-electron chi connectivity index (χ4n) is 2.04. The van der Waals surface area contributed by atoms with E-state index >= 15 is 0 Å². The van der Waals surface area contributed by atoms with E-state index in [-0.39, 0.29) is 6.03 Å². The van der Waals surface area contributed by atoms with Gasteiger partial charge in [0.1, 0.15) is 0 Å². The van der Waals surface area contributed by atoms with E-state index in [2.05, 4.69) is 31.3 Å². The van der Waals surface area contributed by atoms with Crippen LogP contribution in [-0.4, -0.2) is 18.0 Å². The Morgan fingerprint density at radius 1 is 1.44 bits per heavy atom. The number of anilines is 1. The second kappa shape index (κ2) is 4.16. The van der Waals surface area contributed by atoms with Gasteiger partial charge in [0.25, 0.3) is 0 Å². The van der Waals surface area contributed by atoms with Crippen LogP contribution in [-0.2, 0) is 13.0 Å². The molecule has 2 rings (SSSR count). The Morgan fingerprint density at radius 2 is 2.19 bits per heavy atom. The van der Waals surface area contributed by atoms with Gasteiger partial charge in [-0.05, 0) is 29.5 Å².